The first-order valence-electron chi connectivity index (χ1n) is 8.36. The Bertz CT molecular complexity index is 1050. The molecule has 0 aliphatic carbocycles. The molecule has 0 saturated carbocycles. The summed E-state index contributed by atoms with van der Waals surface area (Å²) in [7, 11) is 0. The molecule has 28 heavy (non-hydrogen) atoms. The number of nitrogens with zero attached hydrogens (tertiary/aromatic N) is 1. The molecule has 1 atom stereocenters. The van der Waals surface area contributed by atoms with Gasteiger partial charge in [0, 0.05) is 16.1 Å². The summed E-state index contributed by atoms with van der Waals surface area (Å²) < 4.78 is 5.18. The standard InChI is InChI=1S/C20H14ClN3O3S/c21-13-8-9-15-14(11-13)17(12-5-2-1-3-6-12)23-18(19(25)22-15)24-20(26)27-16-7-4-10-28-16/h1-11,18H,(H,22,25)(H,24,26). The molecule has 0 spiro atoms. The van der Waals surface area contributed by atoms with E-state index in [9.17, 15) is 9.59 Å². The molecule has 3 aromatic rings. The summed E-state index contributed by atoms with van der Waals surface area (Å²) in [4.78, 5) is 29.4. The van der Waals surface area contributed by atoms with Crippen molar-refractivity contribution in [1.82, 2.24) is 5.32 Å². The number of carbonyl (C=O) groups is 2. The van der Waals surface area contributed by atoms with Crippen molar-refractivity contribution in [2.45, 2.75) is 6.17 Å². The average Bonchev–Trinajstić information content (AvgIpc) is 3.15. The maximum atomic E-state index is 12.7. The van der Waals surface area contributed by atoms with E-state index >= 15 is 0 Å². The van der Waals surface area contributed by atoms with Crippen molar-refractivity contribution in [1.29, 1.82) is 0 Å². The molecule has 2 amide bonds. The Kier molecular flexibility index (Phi) is 5.10. The normalized spacial score (nSPS) is 15.7. The van der Waals surface area contributed by atoms with Crippen LogP contribution in [0, 0.1) is 0 Å². The zero-order valence-corrected chi connectivity index (χ0v) is 16.0. The van der Waals surface area contributed by atoms with E-state index in [-0.39, 0.29) is 0 Å². The van der Waals surface area contributed by atoms with Gasteiger partial charge in [0.05, 0.1) is 11.4 Å². The van der Waals surface area contributed by atoms with Gasteiger partial charge in [0.15, 0.2) is 5.06 Å². The molecule has 1 aliphatic heterocycles. The van der Waals surface area contributed by atoms with Crippen LogP contribution in [0.2, 0.25) is 5.02 Å². The summed E-state index contributed by atoms with van der Waals surface area (Å²) in [6.45, 7) is 0. The number of benzodiazepines with no additional fused rings is 1. The number of amides is 2. The number of nitrogens with one attached hydrogen (secondary N) is 2. The Hall–Kier alpha value is -3.16. The van der Waals surface area contributed by atoms with E-state index in [1.54, 1.807) is 35.7 Å². The van der Waals surface area contributed by atoms with Gasteiger partial charge in [0.1, 0.15) is 0 Å². The minimum atomic E-state index is -1.16. The smallest absolute Gasteiger partial charge is 0.399 e. The molecular weight excluding hydrogens is 398 g/mol. The summed E-state index contributed by atoms with van der Waals surface area (Å²) >= 11 is 7.44. The number of anilines is 1. The van der Waals surface area contributed by atoms with Crippen molar-refractivity contribution < 1.29 is 14.3 Å². The Morgan fingerprint density at radius 2 is 1.96 bits per heavy atom. The monoisotopic (exact) mass is 411 g/mol. The predicted molar refractivity (Wildman–Crippen MR) is 109 cm³/mol. The lowest BCUT2D eigenvalue weighted by Crippen LogP contribution is -2.43. The average molecular weight is 412 g/mol. The number of halogens is 1. The lowest BCUT2D eigenvalue weighted by molar-refractivity contribution is -0.117. The first-order chi connectivity index (χ1) is 13.6. The number of aliphatic imine (C=N–C) groups is 1. The number of rotatable bonds is 3. The molecule has 1 aromatic heterocycles. The number of hydrogen-bond donors (Lipinski definition) is 2. The van der Waals surface area contributed by atoms with E-state index in [0.29, 0.717) is 27.0 Å². The molecule has 2 heterocycles. The van der Waals surface area contributed by atoms with E-state index in [0.717, 1.165) is 5.56 Å². The first kappa shape index (κ1) is 18.2. The van der Waals surface area contributed by atoms with Gasteiger partial charge in [-0.2, -0.15) is 0 Å². The summed E-state index contributed by atoms with van der Waals surface area (Å²) in [5.74, 6) is -0.474. The Balaban J connectivity index is 1.70. The Morgan fingerprint density at radius 3 is 2.71 bits per heavy atom. The molecule has 1 unspecified atom stereocenters. The highest BCUT2D eigenvalue weighted by atomic mass is 35.5. The number of fused-ring (bicyclic) bond motifs is 1. The van der Waals surface area contributed by atoms with Crippen molar-refractivity contribution in [3.63, 3.8) is 0 Å². The lowest BCUT2D eigenvalue weighted by atomic mass is 10.0. The highest BCUT2D eigenvalue weighted by Gasteiger charge is 2.28. The van der Waals surface area contributed by atoms with Crippen molar-refractivity contribution in [2.24, 2.45) is 4.99 Å². The number of thiophene rings is 1. The molecule has 0 radical (unpaired) electrons. The molecule has 2 aromatic carbocycles. The topological polar surface area (TPSA) is 79.8 Å². The minimum Gasteiger partial charge on any atom is -0.399 e. The summed E-state index contributed by atoms with van der Waals surface area (Å²) in [5, 5.41) is 8.02. The molecular formula is C20H14ClN3O3S. The van der Waals surface area contributed by atoms with Crippen LogP contribution < -0.4 is 15.4 Å². The molecule has 140 valence electrons. The maximum absolute atomic E-state index is 12.7. The highest BCUT2D eigenvalue weighted by Crippen LogP contribution is 2.27. The molecule has 0 fully saturated rings. The number of ether oxygens (including phenoxy) is 1. The largest absolute Gasteiger partial charge is 0.415 e. The van der Waals surface area contributed by atoms with E-state index < -0.39 is 18.2 Å². The summed E-state index contributed by atoms with van der Waals surface area (Å²) in [5.41, 5.74) is 2.56. The van der Waals surface area contributed by atoms with Gasteiger partial charge in [-0.3, -0.25) is 10.1 Å². The third-order valence-electron chi connectivity index (χ3n) is 3.99. The second kappa shape index (κ2) is 7.84. The van der Waals surface area contributed by atoms with Crippen LogP contribution in [-0.2, 0) is 4.79 Å². The first-order valence-corrected chi connectivity index (χ1v) is 9.62. The van der Waals surface area contributed by atoms with Crippen molar-refractivity contribution in [2.75, 3.05) is 5.32 Å². The molecule has 1 aliphatic rings. The van der Waals surface area contributed by atoms with Crippen LogP contribution in [0.15, 0.2) is 71.0 Å². The van der Waals surface area contributed by atoms with Crippen LogP contribution >= 0.6 is 22.9 Å². The second-order valence-corrected chi connectivity index (χ2v) is 7.24. The predicted octanol–water partition coefficient (Wildman–Crippen LogP) is 4.31. The van der Waals surface area contributed by atoms with Gasteiger partial charge in [-0.25, -0.2) is 9.79 Å². The van der Waals surface area contributed by atoms with Crippen molar-refractivity contribution in [3.05, 3.63) is 82.2 Å². The maximum Gasteiger partial charge on any atom is 0.415 e. The molecule has 6 nitrogen and oxygen atoms in total. The number of hydrogen-bond acceptors (Lipinski definition) is 5. The molecule has 8 heteroatoms. The van der Waals surface area contributed by atoms with Gasteiger partial charge in [0.2, 0.25) is 6.17 Å². The summed E-state index contributed by atoms with van der Waals surface area (Å²) in [6.07, 6.45) is -1.92. The fraction of sp³-hybridized carbons (Fsp3) is 0.0500. The lowest BCUT2D eigenvalue weighted by Gasteiger charge is -2.12. The Morgan fingerprint density at radius 1 is 1.14 bits per heavy atom. The van der Waals surface area contributed by atoms with E-state index in [2.05, 4.69) is 15.6 Å². The number of benzene rings is 2. The van der Waals surface area contributed by atoms with E-state index in [4.69, 9.17) is 16.3 Å². The van der Waals surface area contributed by atoms with Crippen LogP contribution in [0.5, 0.6) is 5.06 Å². The molecule has 4 rings (SSSR count). The van der Waals surface area contributed by atoms with Gasteiger partial charge < -0.3 is 10.1 Å². The van der Waals surface area contributed by atoms with Crippen molar-refractivity contribution in [3.8, 4) is 5.06 Å². The second-order valence-electron chi connectivity index (χ2n) is 5.89. The Labute approximate surface area is 169 Å². The fourth-order valence-corrected chi connectivity index (χ4v) is 3.50. The van der Waals surface area contributed by atoms with Gasteiger partial charge in [-0.15, -0.1) is 11.3 Å². The van der Waals surface area contributed by atoms with E-state index in [1.165, 1.54) is 11.3 Å². The van der Waals surface area contributed by atoms with Crippen LogP contribution in [0.4, 0.5) is 10.5 Å². The van der Waals surface area contributed by atoms with Crippen LogP contribution in [0.1, 0.15) is 11.1 Å². The highest BCUT2D eigenvalue weighted by molar-refractivity contribution is 7.11. The zero-order valence-electron chi connectivity index (χ0n) is 14.4. The van der Waals surface area contributed by atoms with Gasteiger partial charge in [-0.05, 0) is 35.7 Å². The van der Waals surface area contributed by atoms with E-state index in [1.807, 2.05) is 30.3 Å². The SMILES string of the molecule is O=C(NC1N=C(c2ccccc2)c2cc(Cl)ccc2NC1=O)Oc1cccs1. The quantitative estimate of drug-likeness (QED) is 0.674. The van der Waals surface area contributed by atoms with Gasteiger partial charge >= 0.3 is 6.09 Å². The molecule has 0 saturated heterocycles. The fourth-order valence-electron chi connectivity index (χ4n) is 2.76. The van der Waals surface area contributed by atoms with Gasteiger partial charge in [0.25, 0.3) is 5.91 Å². The van der Waals surface area contributed by atoms with Crippen LogP contribution in [0.25, 0.3) is 0 Å². The third-order valence-corrected chi connectivity index (χ3v) is 4.97. The summed E-state index contributed by atoms with van der Waals surface area (Å²) in [6, 6.07) is 17.9. The molecule has 0 bridgehead atoms. The number of carbonyl (C=O) groups excluding carboxylic acids is 2. The zero-order chi connectivity index (χ0) is 19.5. The molecule has 2 N–H and O–H groups in total. The third kappa shape index (κ3) is 3.90. The minimum absolute atomic E-state index is 0.425. The van der Waals surface area contributed by atoms with Crippen LogP contribution in [0.3, 0.4) is 0 Å². The van der Waals surface area contributed by atoms with Crippen LogP contribution in [-0.4, -0.2) is 23.9 Å². The van der Waals surface area contributed by atoms with Crippen molar-refractivity contribution >= 4 is 46.3 Å². The van der Waals surface area contributed by atoms with Gasteiger partial charge in [-0.1, -0.05) is 41.9 Å².